The molecular formula is C19H15Cl4N5O2S. The first-order valence-corrected chi connectivity index (χ1v) is 11.2. The second kappa shape index (κ2) is 10.6. The van der Waals surface area contributed by atoms with Gasteiger partial charge in [0, 0.05) is 28.3 Å². The number of nitrogens with zero attached hydrogens (tertiary/aromatic N) is 3. The molecule has 0 aliphatic rings. The maximum absolute atomic E-state index is 12.3. The molecule has 7 nitrogen and oxygen atoms in total. The minimum atomic E-state index is -0.324. The molecule has 0 atom stereocenters. The zero-order valence-corrected chi connectivity index (χ0v) is 19.8. The van der Waals surface area contributed by atoms with E-state index in [2.05, 4.69) is 20.8 Å². The number of hydrogen-bond donors (Lipinski definition) is 2. The van der Waals surface area contributed by atoms with Crippen LogP contribution in [-0.4, -0.2) is 32.3 Å². The van der Waals surface area contributed by atoms with Gasteiger partial charge in [-0.05, 0) is 36.4 Å². The van der Waals surface area contributed by atoms with Crippen LogP contribution >= 0.6 is 58.2 Å². The summed E-state index contributed by atoms with van der Waals surface area (Å²) in [4.78, 5) is 24.5. The first-order chi connectivity index (χ1) is 14.7. The Kier molecular flexibility index (Phi) is 8.07. The van der Waals surface area contributed by atoms with Crippen LogP contribution < -0.4 is 10.6 Å². The molecule has 0 aliphatic heterocycles. The minimum absolute atomic E-state index is 0.103. The number of carbonyl (C=O) groups is 2. The zero-order valence-electron chi connectivity index (χ0n) is 16.0. The van der Waals surface area contributed by atoms with Crippen molar-refractivity contribution in [1.29, 1.82) is 0 Å². The van der Waals surface area contributed by atoms with Crippen LogP contribution in [0.1, 0.15) is 16.2 Å². The van der Waals surface area contributed by atoms with Gasteiger partial charge in [-0.2, -0.15) is 0 Å². The summed E-state index contributed by atoms with van der Waals surface area (Å²) in [6, 6.07) is 9.41. The number of hydrogen-bond acceptors (Lipinski definition) is 5. The molecule has 0 saturated carbocycles. The Morgan fingerprint density at radius 1 is 1.00 bits per heavy atom. The van der Waals surface area contributed by atoms with E-state index < -0.39 is 0 Å². The van der Waals surface area contributed by atoms with Crippen LogP contribution in [0.3, 0.4) is 0 Å². The second-order valence-corrected chi connectivity index (χ2v) is 8.89. The molecule has 0 bridgehead atoms. The Bertz CT molecular complexity index is 1120. The molecule has 1 heterocycles. The predicted molar refractivity (Wildman–Crippen MR) is 124 cm³/mol. The molecule has 0 radical (unpaired) electrons. The van der Waals surface area contributed by atoms with Crippen LogP contribution in [0.4, 0.5) is 5.69 Å². The highest BCUT2D eigenvalue weighted by molar-refractivity contribution is 7.99. The van der Waals surface area contributed by atoms with Crippen LogP contribution in [0.15, 0.2) is 41.6 Å². The maximum atomic E-state index is 12.3. The summed E-state index contributed by atoms with van der Waals surface area (Å²) in [7, 11) is 1.75. The van der Waals surface area contributed by atoms with Crippen LogP contribution in [0.5, 0.6) is 0 Å². The topological polar surface area (TPSA) is 88.9 Å². The zero-order chi connectivity index (χ0) is 22.5. The Morgan fingerprint density at radius 3 is 2.39 bits per heavy atom. The van der Waals surface area contributed by atoms with Crippen molar-refractivity contribution in [3.63, 3.8) is 0 Å². The van der Waals surface area contributed by atoms with Gasteiger partial charge in [0.25, 0.3) is 5.91 Å². The molecule has 0 saturated heterocycles. The van der Waals surface area contributed by atoms with Crippen molar-refractivity contribution in [3.05, 3.63) is 67.9 Å². The van der Waals surface area contributed by atoms with Gasteiger partial charge >= 0.3 is 0 Å². The molecule has 12 heteroatoms. The van der Waals surface area contributed by atoms with E-state index in [9.17, 15) is 9.59 Å². The second-order valence-electron chi connectivity index (χ2n) is 6.26. The van der Waals surface area contributed by atoms with E-state index in [0.29, 0.717) is 42.3 Å². The van der Waals surface area contributed by atoms with Crippen molar-refractivity contribution < 1.29 is 9.59 Å². The molecule has 0 fully saturated rings. The quantitative estimate of drug-likeness (QED) is 0.425. The minimum Gasteiger partial charge on any atom is -0.345 e. The first-order valence-electron chi connectivity index (χ1n) is 8.73. The molecule has 0 spiro atoms. The van der Waals surface area contributed by atoms with Gasteiger partial charge in [-0.3, -0.25) is 9.59 Å². The molecule has 2 N–H and O–H groups in total. The van der Waals surface area contributed by atoms with E-state index in [4.69, 9.17) is 46.4 Å². The van der Waals surface area contributed by atoms with Gasteiger partial charge in [-0.15, -0.1) is 10.2 Å². The lowest BCUT2D eigenvalue weighted by atomic mass is 10.2. The third-order valence-corrected chi connectivity index (χ3v) is 6.19. The normalized spacial score (nSPS) is 10.7. The number of thioether (sulfide) groups is 1. The van der Waals surface area contributed by atoms with Gasteiger partial charge in [-0.1, -0.05) is 58.2 Å². The lowest BCUT2D eigenvalue weighted by Gasteiger charge is -2.08. The van der Waals surface area contributed by atoms with Gasteiger partial charge in [-0.25, -0.2) is 0 Å². The van der Waals surface area contributed by atoms with Gasteiger partial charge in [0.2, 0.25) is 5.91 Å². The SMILES string of the molecule is Cn1c(CNC(=O)c2ccc(Cl)c(Cl)c2)nnc1SCC(=O)Nc1cc(Cl)cc(Cl)c1. The van der Waals surface area contributed by atoms with E-state index in [1.54, 1.807) is 41.9 Å². The monoisotopic (exact) mass is 517 g/mol. The van der Waals surface area contributed by atoms with E-state index in [1.807, 2.05) is 0 Å². The van der Waals surface area contributed by atoms with E-state index >= 15 is 0 Å². The fraction of sp³-hybridized carbons (Fsp3) is 0.158. The van der Waals surface area contributed by atoms with Gasteiger partial charge in [0.05, 0.1) is 22.3 Å². The summed E-state index contributed by atoms with van der Waals surface area (Å²) >= 11 is 24.9. The van der Waals surface area contributed by atoms with Gasteiger partial charge in [0.15, 0.2) is 11.0 Å². The highest BCUT2D eigenvalue weighted by Gasteiger charge is 2.14. The molecular weight excluding hydrogens is 504 g/mol. The van der Waals surface area contributed by atoms with Crippen molar-refractivity contribution in [2.45, 2.75) is 11.7 Å². The molecule has 0 aliphatic carbocycles. The van der Waals surface area contributed by atoms with Gasteiger partial charge < -0.3 is 15.2 Å². The standard InChI is InChI=1S/C19H15Cl4N5O2S/c1-28-16(8-24-18(30)10-2-3-14(22)15(23)4-10)26-27-19(28)31-9-17(29)25-13-6-11(20)5-12(21)7-13/h2-7H,8-9H2,1H3,(H,24,30)(H,25,29). The number of carbonyl (C=O) groups excluding carboxylic acids is 2. The molecule has 3 rings (SSSR count). The highest BCUT2D eigenvalue weighted by atomic mass is 35.5. The van der Waals surface area contributed by atoms with Crippen molar-refractivity contribution in [2.24, 2.45) is 7.05 Å². The van der Waals surface area contributed by atoms with E-state index in [-0.39, 0.29) is 24.1 Å². The lowest BCUT2D eigenvalue weighted by molar-refractivity contribution is -0.113. The number of halogens is 4. The lowest BCUT2D eigenvalue weighted by Crippen LogP contribution is -2.24. The number of rotatable bonds is 7. The Hall–Kier alpha value is -1.97. The number of anilines is 1. The van der Waals surface area contributed by atoms with Crippen molar-refractivity contribution in [1.82, 2.24) is 20.1 Å². The number of benzene rings is 2. The fourth-order valence-corrected chi connectivity index (χ4v) is 4.03. The molecule has 2 amide bonds. The average Bonchev–Trinajstić information content (AvgIpc) is 3.05. The molecule has 1 aromatic heterocycles. The number of aromatic nitrogens is 3. The molecule has 0 unspecified atom stereocenters. The maximum Gasteiger partial charge on any atom is 0.251 e. The Morgan fingerprint density at radius 2 is 1.71 bits per heavy atom. The van der Waals surface area contributed by atoms with Crippen LogP contribution in [0, 0.1) is 0 Å². The molecule has 3 aromatic rings. The summed E-state index contributed by atoms with van der Waals surface area (Å²) in [6.07, 6.45) is 0. The van der Waals surface area contributed by atoms with Crippen molar-refractivity contribution in [2.75, 3.05) is 11.1 Å². The summed E-state index contributed by atoms with van der Waals surface area (Å²) < 4.78 is 1.70. The number of amides is 2. The van der Waals surface area contributed by atoms with Gasteiger partial charge in [0.1, 0.15) is 0 Å². The predicted octanol–water partition coefficient (Wildman–Crippen LogP) is 5.09. The smallest absolute Gasteiger partial charge is 0.251 e. The van der Waals surface area contributed by atoms with E-state index in [1.165, 1.54) is 17.8 Å². The third kappa shape index (κ3) is 6.51. The highest BCUT2D eigenvalue weighted by Crippen LogP contribution is 2.24. The summed E-state index contributed by atoms with van der Waals surface area (Å²) in [5.41, 5.74) is 0.885. The summed E-state index contributed by atoms with van der Waals surface area (Å²) in [5.74, 6) is 0.0558. The van der Waals surface area contributed by atoms with Crippen molar-refractivity contribution in [3.8, 4) is 0 Å². The van der Waals surface area contributed by atoms with Crippen LogP contribution in [0.25, 0.3) is 0 Å². The third-order valence-electron chi connectivity index (χ3n) is 3.99. The first kappa shape index (κ1) is 23.7. The molecule has 162 valence electrons. The van der Waals surface area contributed by atoms with E-state index in [0.717, 1.165) is 0 Å². The molecule has 31 heavy (non-hydrogen) atoms. The fourth-order valence-electron chi connectivity index (χ4n) is 2.48. The van der Waals surface area contributed by atoms with Crippen LogP contribution in [-0.2, 0) is 18.4 Å². The van der Waals surface area contributed by atoms with Crippen molar-refractivity contribution >= 4 is 75.7 Å². The largest absolute Gasteiger partial charge is 0.345 e. The Balaban J connectivity index is 1.54. The number of nitrogens with one attached hydrogen (secondary N) is 2. The van der Waals surface area contributed by atoms with Crippen LogP contribution in [0.2, 0.25) is 20.1 Å². The summed E-state index contributed by atoms with van der Waals surface area (Å²) in [6.45, 7) is 0.149. The average molecular weight is 519 g/mol. The molecule has 2 aromatic carbocycles. The summed E-state index contributed by atoms with van der Waals surface area (Å²) in [5, 5.41) is 15.6. The Labute approximate surface area is 202 Å².